The molecule has 76 valence electrons. The third-order valence-electron chi connectivity index (χ3n) is 2.53. The Morgan fingerprint density at radius 3 is 2.46 bits per heavy atom. The third-order valence-corrected chi connectivity index (χ3v) is 2.53. The van der Waals surface area contributed by atoms with Crippen molar-refractivity contribution >= 4 is 5.97 Å². The van der Waals surface area contributed by atoms with Crippen molar-refractivity contribution in [3.63, 3.8) is 0 Å². The molecule has 1 aliphatic heterocycles. The van der Waals surface area contributed by atoms with Gasteiger partial charge in [0, 0.05) is 12.6 Å². The molecule has 4 heteroatoms. The lowest BCUT2D eigenvalue weighted by Gasteiger charge is -2.25. The number of rotatable bonds is 5. The molecule has 1 unspecified atom stereocenters. The molecular formula is C9H17NO3. The van der Waals surface area contributed by atoms with E-state index in [0.717, 1.165) is 25.9 Å². The van der Waals surface area contributed by atoms with E-state index in [9.17, 15) is 4.79 Å². The van der Waals surface area contributed by atoms with Crippen molar-refractivity contribution in [3.8, 4) is 0 Å². The summed E-state index contributed by atoms with van der Waals surface area (Å²) in [5.74, 6) is -0.773. The SMILES string of the molecule is O=C(O)CC(CCO)N1CCCC1. The van der Waals surface area contributed by atoms with Gasteiger partial charge in [0.2, 0.25) is 0 Å². The number of nitrogens with zero attached hydrogens (tertiary/aromatic N) is 1. The first-order valence-corrected chi connectivity index (χ1v) is 4.80. The maximum atomic E-state index is 10.5. The van der Waals surface area contributed by atoms with Crippen LogP contribution >= 0.6 is 0 Å². The van der Waals surface area contributed by atoms with Gasteiger partial charge in [0.1, 0.15) is 0 Å². The Hall–Kier alpha value is -0.610. The average molecular weight is 187 g/mol. The van der Waals surface area contributed by atoms with Crippen LogP contribution < -0.4 is 0 Å². The monoisotopic (exact) mass is 187 g/mol. The summed E-state index contributed by atoms with van der Waals surface area (Å²) in [6.07, 6.45) is 3.04. The minimum Gasteiger partial charge on any atom is -0.481 e. The number of hydrogen-bond acceptors (Lipinski definition) is 3. The molecule has 1 heterocycles. The molecule has 1 fully saturated rings. The van der Waals surface area contributed by atoms with Gasteiger partial charge in [0.05, 0.1) is 6.42 Å². The normalized spacial score (nSPS) is 20.4. The lowest BCUT2D eigenvalue weighted by Crippen LogP contribution is -2.35. The molecule has 13 heavy (non-hydrogen) atoms. The molecule has 0 aromatic carbocycles. The molecule has 1 aliphatic rings. The van der Waals surface area contributed by atoms with E-state index in [1.54, 1.807) is 0 Å². The van der Waals surface area contributed by atoms with E-state index in [2.05, 4.69) is 4.90 Å². The number of aliphatic hydroxyl groups excluding tert-OH is 1. The standard InChI is InChI=1S/C9H17NO3/c11-6-3-8(7-9(12)13)10-4-1-2-5-10/h8,11H,1-7H2,(H,12,13). The fourth-order valence-electron chi connectivity index (χ4n) is 1.87. The molecule has 4 nitrogen and oxygen atoms in total. The molecule has 0 spiro atoms. The predicted octanol–water partition coefficient (Wildman–Crippen LogP) is 0.308. The highest BCUT2D eigenvalue weighted by Gasteiger charge is 2.23. The van der Waals surface area contributed by atoms with Crippen molar-refractivity contribution < 1.29 is 15.0 Å². The fourth-order valence-corrected chi connectivity index (χ4v) is 1.87. The summed E-state index contributed by atoms with van der Waals surface area (Å²) in [6.45, 7) is 2.05. The molecule has 0 amide bonds. The molecule has 2 N–H and O–H groups in total. The number of carboxylic acid groups (broad SMARTS) is 1. The van der Waals surface area contributed by atoms with Crippen LogP contribution in [0.5, 0.6) is 0 Å². The molecule has 0 aliphatic carbocycles. The molecule has 0 aromatic rings. The summed E-state index contributed by atoms with van der Waals surface area (Å²) in [4.78, 5) is 12.7. The number of likely N-dealkylation sites (tertiary alicyclic amines) is 1. The Labute approximate surface area is 78.2 Å². The van der Waals surface area contributed by atoms with Gasteiger partial charge in [0.15, 0.2) is 0 Å². The van der Waals surface area contributed by atoms with Crippen molar-refractivity contribution in [3.05, 3.63) is 0 Å². The summed E-state index contributed by atoms with van der Waals surface area (Å²) >= 11 is 0. The van der Waals surface area contributed by atoms with Crippen LogP contribution in [0.2, 0.25) is 0 Å². The van der Waals surface area contributed by atoms with E-state index in [4.69, 9.17) is 10.2 Å². The quantitative estimate of drug-likeness (QED) is 0.650. The van der Waals surface area contributed by atoms with Gasteiger partial charge >= 0.3 is 5.97 Å². The highest BCUT2D eigenvalue weighted by Crippen LogP contribution is 2.16. The van der Waals surface area contributed by atoms with E-state index in [-0.39, 0.29) is 19.1 Å². The van der Waals surface area contributed by atoms with Gasteiger partial charge in [-0.2, -0.15) is 0 Å². The van der Waals surface area contributed by atoms with Crippen LogP contribution in [0.1, 0.15) is 25.7 Å². The number of carboxylic acids is 1. The number of aliphatic hydroxyl groups is 1. The van der Waals surface area contributed by atoms with Gasteiger partial charge in [0.25, 0.3) is 0 Å². The van der Waals surface area contributed by atoms with Gasteiger partial charge in [-0.3, -0.25) is 9.69 Å². The number of carbonyl (C=O) groups is 1. The maximum absolute atomic E-state index is 10.5. The first-order chi connectivity index (χ1) is 6.24. The molecule has 0 bridgehead atoms. The van der Waals surface area contributed by atoms with Crippen molar-refractivity contribution in [2.45, 2.75) is 31.7 Å². The van der Waals surface area contributed by atoms with Crippen molar-refractivity contribution in [1.29, 1.82) is 0 Å². The van der Waals surface area contributed by atoms with E-state index in [0.29, 0.717) is 6.42 Å². The minimum absolute atomic E-state index is 0.0324. The average Bonchev–Trinajstić information content (AvgIpc) is 2.54. The number of hydrogen-bond donors (Lipinski definition) is 2. The molecule has 1 saturated heterocycles. The topological polar surface area (TPSA) is 60.8 Å². The molecular weight excluding hydrogens is 170 g/mol. The van der Waals surface area contributed by atoms with E-state index in [1.165, 1.54) is 0 Å². The van der Waals surface area contributed by atoms with Crippen molar-refractivity contribution in [1.82, 2.24) is 4.90 Å². The lowest BCUT2D eigenvalue weighted by molar-refractivity contribution is -0.138. The number of aliphatic carboxylic acids is 1. The van der Waals surface area contributed by atoms with Crippen LogP contribution in [0, 0.1) is 0 Å². The second kappa shape index (κ2) is 5.19. The van der Waals surface area contributed by atoms with Crippen LogP contribution in [0.15, 0.2) is 0 Å². The fraction of sp³-hybridized carbons (Fsp3) is 0.889. The third kappa shape index (κ3) is 3.32. The summed E-state index contributed by atoms with van der Waals surface area (Å²) in [5, 5.41) is 17.5. The Morgan fingerprint density at radius 2 is 2.00 bits per heavy atom. The van der Waals surface area contributed by atoms with E-state index in [1.807, 2.05) is 0 Å². The Kier molecular flexibility index (Phi) is 4.18. The summed E-state index contributed by atoms with van der Waals surface area (Å²) in [6, 6.07) is 0.0324. The molecule has 0 aromatic heterocycles. The summed E-state index contributed by atoms with van der Waals surface area (Å²) < 4.78 is 0. The maximum Gasteiger partial charge on any atom is 0.304 e. The van der Waals surface area contributed by atoms with Crippen LogP contribution in [-0.4, -0.2) is 46.8 Å². The van der Waals surface area contributed by atoms with Gasteiger partial charge in [-0.1, -0.05) is 0 Å². The summed E-state index contributed by atoms with van der Waals surface area (Å²) in [7, 11) is 0. The highest BCUT2D eigenvalue weighted by molar-refractivity contribution is 5.67. The molecule has 1 atom stereocenters. The molecule has 0 radical (unpaired) electrons. The van der Waals surface area contributed by atoms with Crippen LogP contribution in [-0.2, 0) is 4.79 Å². The van der Waals surface area contributed by atoms with Crippen molar-refractivity contribution in [2.75, 3.05) is 19.7 Å². The van der Waals surface area contributed by atoms with E-state index < -0.39 is 5.97 Å². The van der Waals surface area contributed by atoms with E-state index >= 15 is 0 Å². The zero-order valence-electron chi connectivity index (χ0n) is 7.78. The first kappa shape index (κ1) is 10.5. The second-order valence-corrected chi connectivity index (χ2v) is 3.51. The van der Waals surface area contributed by atoms with Gasteiger partial charge in [-0.15, -0.1) is 0 Å². The van der Waals surface area contributed by atoms with Crippen molar-refractivity contribution in [2.24, 2.45) is 0 Å². The molecule has 0 saturated carbocycles. The van der Waals surface area contributed by atoms with Crippen LogP contribution in [0.3, 0.4) is 0 Å². The second-order valence-electron chi connectivity index (χ2n) is 3.51. The van der Waals surface area contributed by atoms with Gasteiger partial charge < -0.3 is 10.2 Å². The van der Waals surface area contributed by atoms with Crippen LogP contribution in [0.25, 0.3) is 0 Å². The largest absolute Gasteiger partial charge is 0.481 e. The zero-order chi connectivity index (χ0) is 9.68. The minimum atomic E-state index is -0.773. The van der Waals surface area contributed by atoms with Crippen LogP contribution in [0.4, 0.5) is 0 Å². The van der Waals surface area contributed by atoms with Gasteiger partial charge in [-0.25, -0.2) is 0 Å². The van der Waals surface area contributed by atoms with Gasteiger partial charge in [-0.05, 0) is 32.4 Å². The zero-order valence-corrected chi connectivity index (χ0v) is 7.78. The Bertz CT molecular complexity index is 166. The molecule has 1 rings (SSSR count). The summed E-state index contributed by atoms with van der Waals surface area (Å²) in [5.41, 5.74) is 0. The first-order valence-electron chi connectivity index (χ1n) is 4.80. The predicted molar refractivity (Wildman–Crippen MR) is 48.6 cm³/mol. The smallest absolute Gasteiger partial charge is 0.304 e. The Balaban J connectivity index is 2.39. The lowest BCUT2D eigenvalue weighted by atomic mass is 10.1. The Morgan fingerprint density at radius 1 is 1.38 bits per heavy atom. The highest BCUT2D eigenvalue weighted by atomic mass is 16.4.